The molecular weight excluding hydrogens is 323 g/mol. The van der Waals surface area contributed by atoms with E-state index in [1.807, 2.05) is 0 Å². The molecular formula is C16H26F3N3O2. The third kappa shape index (κ3) is 4.40. The number of hydrogen-bond donors (Lipinski definition) is 1. The summed E-state index contributed by atoms with van der Waals surface area (Å²) >= 11 is 0. The highest BCUT2D eigenvalue weighted by Crippen LogP contribution is 2.26. The van der Waals surface area contributed by atoms with E-state index < -0.39 is 24.0 Å². The Hall–Kier alpha value is -1.31. The van der Waals surface area contributed by atoms with Crippen LogP contribution in [0.25, 0.3) is 0 Å². The summed E-state index contributed by atoms with van der Waals surface area (Å²) in [6.45, 7) is 6.51. The van der Waals surface area contributed by atoms with Crippen molar-refractivity contribution in [3.05, 3.63) is 0 Å². The fraction of sp³-hybridized carbons (Fsp3) is 0.875. The summed E-state index contributed by atoms with van der Waals surface area (Å²) in [6, 6.07) is -0.838. The minimum Gasteiger partial charge on any atom is -0.353 e. The Labute approximate surface area is 140 Å². The van der Waals surface area contributed by atoms with Crippen LogP contribution in [0.3, 0.4) is 0 Å². The van der Waals surface area contributed by atoms with Gasteiger partial charge < -0.3 is 10.2 Å². The van der Waals surface area contributed by atoms with Gasteiger partial charge in [0.1, 0.15) is 6.04 Å². The zero-order chi connectivity index (χ0) is 17.9. The van der Waals surface area contributed by atoms with Crippen molar-refractivity contribution in [3.8, 4) is 0 Å². The zero-order valence-corrected chi connectivity index (χ0v) is 14.2. The number of carbonyl (C=O) groups is 2. The molecule has 5 nitrogen and oxygen atoms in total. The van der Waals surface area contributed by atoms with Crippen molar-refractivity contribution >= 4 is 11.8 Å². The van der Waals surface area contributed by atoms with Crippen LogP contribution in [0.4, 0.5) is 13.2 Å². The van der Waals surface area contributed by atoms with E-state index in [2.05, 4.69) is 24.1 Å². The van der Waals surface area contributed by atoms with Crippen molar-refractivity contribution in [2.24, 2.45) is 5.92 Å². The van der Waals surface area contributed by atoms with Gasteiger partial charge in [-0.15, -0.1) is 0 Å². The van der Waals surface area contributed by atoms with Crippen LogP contribution in [-0.4, -0.2) is 66.1 Å². The summed E-state index contributed by atoms with van der Waals surface area (Å²) in [6.07, 6.45) is -1.97. The second kappa shape index (κ2) is 7.72. The first kappa shape index (κ1) is 19.0. The molecule has 1 N–H and O–H groups in total. The van der Waals surface area contributed by atoms with Crippen LogP contribution in [0.5, 0.6) is 0 Å². The highest BCUT2D eigenvalue weighted by molar-refractivity contribution is 5.90. The largest absolute Gasteiger partial charge is 0.471 e. The molecule has 2 atom stereocenters. The highest BCUT2D eigenvalue weighted by atomic mass is 19.4. The van der Waals surface area contributed by atoms with Crippen LogP contribution >= 0.6 is 0 Å². The molecule has 0 aromatic rings. The van der Waals surface area contributed by atoms with Crippen LogP contribution < -0.4 is 5.32 Å². The number of carbonyl (C=O) groups excluding carboxylic acids is 2. The molecule has 0 aromatic heterocycles. The minimum atomic E-state index is -4.93. The Kier molecular flexibility index (Phi) is 6.11. The molecule has 2 amide bonds. The van der Waals surface area contributed by atoms with Gasteiger partial charge in [-0.2, -0.15) is 13.2 Å². The molecule has 0 radical (unpaired) electrons. The molecule has 0 aromatic carbocycles. The lowest BCUT2D eigenvalue weighted by Crippen LogP contribution is -2.53. The van der Waals surface area contributed by atoms with Gasteiger partial charge in [-0.3, -0.25) is 14.5 Å². The Morgan fingerprint density at radius 2 is 1.75 bits per heavy atom. The smallest absolute Gasteiger partial charge is 0.353 e. The fourth-order valence-electron chi connectivity index (χ4n) is 3.63. The molecule has 2 heterocycles. The van der Waals surface area contributed by atoms with Gasteiger partial charge in [0.05, 0.1) is 0 Å². The summed E-state index contributed by atoms with van der Waals surface area (Å²) in [4.78, 5) is 26.8. The Morgan fingerprint density at radius 1 is 1.12 bits per heavy atom. The molecule has 2 aliphatic rings. The van der Waals surface area contributed by atoms with Crippen molar-refractivity contribution < 1.29 is 22.8 Å². The topological polar surface area (TPSA) is 52.7 Å². The average molecular weight is 349 g/mol. The standard InChI is InChI=1S/C16H26F3N3O2/c1-11(2)13(21-7-3-4-8-21)10-20-14(23)12-6-5-9-22(12)15(24)16(17,18)19/h11-13H,3-10H2,1-2H3,(H,20,23). The van der Waals surface area contributed by atoms with Gasteiger partial charge in [-0.1, -0.05) is 13.8 Å². The second-order valence-corrected chi connectivity index (χ2v) is 6.95. The van der Waals surface area contributed by atoms with Crippen LogP contribution in [-0.2, 0) is 9.59 Å². The molecule has 0 spiro atoms. The first-order valence-electron chi connectivity index (χ1n) is 8.61. The number of nitrogens with zero attached hydrogens (tertiary/aromatic N) is 2. The summed E-state index contributed by atoms with van der Waals surface area (Å²) in [5.41, 5.74) is 0. The first-order valence-corrected chi connectivity index (χ1v) is 8.61. The van der Waals surface area contributed by atoms with Crippen LogP contribution in [0.1, 0.15) is 39.5 Å². The third-order valence-electron chi connectivity index (χ3n) is 4.92. The molecule has 2 saturated heterocycles. The Bertz CT molecular complexity index is 462. The van der Waals surface area contributed by atoms with Gasteiger partial charge in [-0.05, 0) is 44.7 Å². The van der Waals surface area contributed by atoms with Gasteiger partial charge in [0, 0.05) is 19.1 Å². The molecule has 2 rings (SSSR count). The molecule has 0 saturated carbocycles. The van der Waals surface area contributed by atoms with E-state index in [0.717, 1.165) is 25.9 Å². The van der Waals surface area contributed by atoms with Crippen LogP contribution in [0.2, 0.25) is 0 Å². The monoisotopic (exact) mass is 349 g/mol. The summed E-state index contributed by atoms with van der Waals surface area (Å²) < 4.78 is 37.9. The molecule has 138 valence electrons. The quantitative estimate of drug-likeness (QED) is 0.823. The SMILES string of the molecule is CC(C)C(CNC(=O)C1CCCN1C(=O)C(F)(F)F)N1CCCC1. The fourth-order valence-corrected chi connectivity index (χ4v) is 3.63. The summed E-state index contributed by atoms with van der Waals surface area (Å²) in [5.74, 6) is -2.06. The normalized spacial score (nSPS) is 23.8. The van der Waals surface area contributed by atoms with Crippen molar-refractivity contribution in [1.29, 1.82) is 0 Å². The second-order valence-electron chi connectivity index (χ2n) is 6.95. The van der Waals surface area contributed by atoms with Crippen molar-refractivity contribution in [1.82, 2.24) is 15.1 Å². The van der Waals surface area contributed by atoms with Crippen LogP contribution in [0.15, 0.2) is 0 Å². The van der Waals surface area contributed by atoms with Gasteiger partial charge in [0.15, 0.2) is 0 Å². The number of amides is 2. The average Bonchev–Trinajstić information content (AvgIpc) is 3.16. The number of halogens is 3. The zero-order valence-electron chi connectivity index (χ0n) is 14.2. The predicted molar refractivity (Wildman–Crippen MR) is 83.2 cm³/mol. The number of alkyl halides is 3. The molecule has 0 aliphatic carbocycles. The lowest BCUT2D eigenvalue weighted by atomic mass is 10.0. The molecule has 24 heavy (non-hydrogen) atoms. The van der Waals surface area contributed by atoms with E-state index in [1.54, 1.807) is 0 Å². The van der Waals surface area contributed by atoms with E-state index >= 15 is 0 Å². The summed E-state index contributed by atoms with van der Waals surface area (Å²) in [5, 5.41) is 2.78. The molecule has 8 heteroatoms. The minimum absolute atomic E-state index is 0.0177. The molecule has 2 unspecified atom stereocenters. The summed E-state index contributed by atoms with van der Waals surface area (Å²) in [7, 11) is 0. The van der Waals surface area contributed by atoms with Crippen molar-refractivity contribution in [2.45, 2.75) is 57.8 Å². The highest BCUT2D eigenvalue weighted by Gasteiger charge is 2.47. The Balaban J connectivity index is 1.94. The number of nitrogens with one attached hydrogen (secondary N) is 1. The van der Waals surface area contributed by atoms with Gasteiger partial charge >= 0.3 is 12.1 Å². The maximum absolute atomic E-state index is 12.6. The van der Waals surface area contributed by atoms with E-state index in [1.165, 1.54) is 0 Å². The van der Waals surface area contributed by atoms with E-state index in [9.17, 15) is 22.8 Å². The first-order chi connectivity index (χ1) is 11.2. The maximum atomic E-state index is 12.6. The van der Waals surface area contributed by atoms with Gasteiger partial charge in [0.2, 0.25) is 5.91 Å². The van der Waals surface area contributed by atoms with E-state index in [4.69, 9.17) is 0 Å². The molecule has 0 bridgehead atoms. The van der Waals surface area contributed by atoms with Crippen LogP contribution in [0, 0.1) is 5.92 Å². The lowest BCUT2D eigenvalue weighted by molar-refractivity contribution is -0.186. The van der Waals surface area contributed by atoms with E-state index in [-0.39, 0.29) is 19.0 Å². The van der Waals surface area contributed by atoms with E-state index in [0.29, 0.717) is 23.8 Å². The third-order valence-corrected chi connectivity index (χ3v) is 4.92. The molecule has 2 aliphatic heterocycles. The number of rotatable bonds is 5. The maximum Gasteiger partial charge on any atom is 0.471 e. The number of hydrogen-bond acceptors (Lipinski definition) is 3. The Morgan fingerprint density at radius 3 is 2.29 bits per heavy atom. The predicted octanol–water partition coefficient (Wildman–Crippen LogP) is 1.78. The van der Waals surface area contributed by atoms with Gasteiger partial charge in [-0.25, -0.2) is 0 Å². The number of likely N-dealkylation sites (tertiary alicyclic amines) is 2. The molecule has 2 fully saturated rings. The van der Waals surface area contributed by atoms with Crippen molar-refractivity contribution in [2.75, 3.05) is 26.2 Å². The lowest BCUT2D eigenvalue weighted by Gasteiger charge is -2.32. The van der Waals surface area contributed by atoms with Gasteiger partial charge in [0.25, 0.3) is 0 Å². The van der Waals surface area contributed by atoms with Crippen molar-refractivity contribution in [3.63, 3.8) is 0 Å².